The predicted octanol–water partition coefficient (Wildman–Crippen LogP) is 1.96. The molecule has 0 fully saturated rings. The van der Waals surface area contributed by atoms with E-state index in [9.17, 15) is 19.5 Å². The van der Waals surface area contributed by atoms with Crippen molar-refractivity contribution in [2.75, 3.05) is 18.8 Å². The van der Waals surface area contributed by atoms with Crippen molar-refractivity contribution in [1.82, 2.24) is 29.8 Å². The van der Waals surface area contributed by atoms with Crippen LogP contribution in [0, 0.1) is 0 Å². The number of phenolic OH excluding ortho intramolecular Hbond substituents is 1. The van der Waals surface area contributed by atoms with Gasteiger partial charge in [0.25, 0.3) is 11.5 Å². The third kappa shape index (κ3) is 5.35. The Bertz CT molecular complexity index is 1460. The summed E-state index contributed by atoms with van der Waals surface area (Å²) < 4.78 is 3.27. The van der Waals surface area contributed by atoms with E-state index in [1.807, 2.05) is 12.1 Å². The standard InChI is InChI=1S/C24H24N6O4S/c1-2-13-29-22(34)18-9-3-4-10-19(18)30-23(29)27-28-24(30)35-15-20(32)25-11-6-12-26-21(33)16-7-5-8-17(31)14-16/h2-5,7-10,14,31H,1,6,11-13,15H2,(H,25,32)(H,26,33). The topological polar surface area (TPSA) is 131 Å². The summed E-state index contributed by atoms with van der Waals surface area (Å²) >= 11 is 1.22. The third-order valence-corrected chi connectivity index (χ3v) is 6.12. The van der Waals surface area contributed by atoms with Gasteiger partial charge in [0.1, 0.15) is 5.75 Å². The van der Waals surface area contributed by atoms with Crippen LogP contribution in [0.1, 0.15) is 16.8 Å². The van der Waals surface area contributed by atoms with Crippen molar-refractivity contribution < 1.29 is 14.7 Å². The number of allylic oxidation sites excluding steroid dienone is 1. The summed E-state index contributed by atoms with van der Waals surface area (Å²) in [5, 5.41) is 24.4. The SMILES string of the molecule is C=CCn1c(=O)c2ccccc2n2c(SCC(=O)NCCCNC(=O)c3cccc(O)c3)nnc12. The number of rotatable bonds is 10. The molecule has 0 atom stereocenters. The molecule has 0 aliphatic heterocycles. The molecule has 0 unspecified atom stereocenters. The van der Waals surface area contributed by atoms with Gasteiger partial charge in [-0.05, 0) is 36.8 Å². The lowest BCUT2D eigenvalue weighted by Gasteiger charge is -2.10. The minimum atomic E-state index is -0.288. The Morgan fingerprint density at radius 2 is 1.89 bits per heavy atom. The van der Waals surface area contributed by atoms with Crippen molar-refractivity contribution >= 4 is 40.3 Å². The molecule has 0 aliphatic carbocycles. The summed E-state index contributed by atoms with van der Waals surface area (Å²) in [6.45, 7) is 4.77. The number of phenols is 1. The fraction of sp³-hybridized carbons (Fsp3) is 0.208. The zero-order valence-electron chi connectivity index (χ0n) is 18.8. The normalized spacial score (nSPS) is 11.0. The number of amides is 2. The highest BCUT2D eigenvalue weighted by Crippen LogP contribution is 2.21. The van der Waals surface area contributed by atoms with E-state index in [1.54, 1.807) is 34.7 Å². The maximum atomic E-state index is 12.8. The van der Waals surface area contributed by atoms with E-state index in [1.165, 1.54) is 28.5 Å². The van der Waals surface area contributed by atoms with E-state index < -0.39 is 0 Å². The minimum absolute atomic E-state index is 0.0276. The number of nitrogens with zero attached hydrogens (tertiary/aromatic N) is 4. The van der Waals surface area contributed by atoms with Gasteiger partial charge in [-0.15, -0.1) is 16.8 Å². The number of nitrogens with one attached hydrogen (secondary N) is 2. The summed E-state index contributed by atoms with van der Waals surface area (Å²) in [6.07, 6.45) is 2.17. The van der Waals surface area contributed by atoms with Gasteiger partial charge in [0.05, 0.1) is 16.7 Å². The second-order valence-electron chi connectivity index (χ2n) is 7.64. The van der Waals surface area contributed by atoms with Crippen LogP contribution in [-0.2, 0) is 11.3 Å². The van der Waals surface area contributed by atoms with Crippen LogP contribution in [0.4, 0.5) is 0 Å². The van der Waals surface area contributed by atoms with E-state index in [2.05, 4.69) is 27.4 Å². The Kier molecular flexibility index (Phi) is 7.46. The fourth-order valence-electron chi connectivity index (χ4n) is 3.57. The summed E-state index contributed by atoms with van der Waals surface area (Å²) in [5.41, 5.74) is 0.867. The number of aromatic nitrogens is 4. The molecule has 0 saturated heterocycles. The number of hydrogen-bond donors (Lipinski definition) is 3. The molecule has 180 valence electrons. The first-order valence-corrected chi connectivity index (χ1v) is 11.9. The van der Waals surface area contributed by atoms with Crippen LogP contribution in [0.15, 0.2) is 71.1 Å². The number of fused-ring (bicyclic) bond motifs is 3. The molecule has 0 saturated carbocycles. The number of carbonyl (C=O) groups excluding carboxylic acids is 2. The maximum Gasteiger partial charge on any atom is 0.263 e. The smallest absolute Gasteiger partial charge is 0.263 e. The molecule has 11 heteroatoms. The van der Waals surface area contributed by atoms with Crippen molar-refractivity contribution in [1.29, 1.82) is 0 Å². The Morgan fingerprint density at radius 1 is 1.09 bits per heavy atom. The Balaban J connectivity index is 1.33. The predicted molar refractivity (Wildman–Crippen MR) is 134 cm³/mol. The van der Waals surface area contributed by atoms with Gasteiger partial charge in [0, 0.05) is 25.2 Å². The van der Waals surface area contributed by atoms with Gasteiger partial charge in [-0.1, -0.05) is 36.0 Å². The van der Waals surface area contributed by atoms with Crippen LogP contribution >= 0.6 is 11.8 Å². The molecular weight excluding hydrogens is 468 g/mol. The molecule has 0 aliphatic rings. The van der Waals surface area contributed by atoms with Crippen LogP contribution in [0.5, 0.6) is 5.75 Å². The van der Waals surface area contributed by atoms with Gasteiger partial charge in [-0.3, -0.25) is 23.4 Å². The largest absolute Gasteiger partial charge is 0.508 e. The van der Waals surface area contributed by atoms with Gasteiger partial charge in [0.15, 0.2) is 5.16 Å². The quantitative estimate of drug-likeness (QED) is 0.175. The van der Waals surface area contributed by atoms with E-state index in [0.717, 1.165) is 0 Å². The zero-order chi connectivity index (χ0) is 24.8. The Hall–Kier alpha value is -4.12. The molecule has 4 rings (SSSR count). The number of carbonyl (C=O) groups is 2. The molecule has 0 radical (unpaired) electrons. The second kappa shape index (κ2) is 10.9. The second-order valence-corrected chi connectivity index (χ2v) is 8.58. The van der Waals surface area contributed by atoms with E-state index >= 15 is 0 Å². The first kappa shape index (κ1) is 24.0. The average Bonchev–Trinajstić information content (AvgIpc) is 3.29. The number of para-hydroxylation sites is 1. The molecule has 2 aromatic carbocycles. The first-order chi connectivity index (χ1) is 17.0. The summed E-state index contributed by atoms with van der Waals surface area (Å²) in [7, 11) is 0. The molecule has 2 aromatic heterocycles. The van der Waals surface area contributed by atoms with Crippen molar-refractivity contribution in [3.63, 3.8) is 0 Å². The van der Waals surface area contributed by atoms with Crippen molar-refractivity contribution in [2.24, 2.45) is 0 Å². The summed E-state index contributed by atoms with van der Waals surface area (Å²) in [5.74, 6) is 0.0583. The molecular formula is C24H24N6O4S. The van der Waals surface area contributed by atoms with Crippen molar-refractivity contribution in [3.05, 3.63) is 77.1 Å². The van der Waals surface area contributed by atoms with Crippen LogP contribution in [-0.4, -0.2) is 54.9 Å². The molecule has 3 N–H and O–H groups in total. The lowest BCUT2D eigenvalue weighted by Crippen LogP contribution is -2.30. The van der Waals surface area contributed by atoms with E-state index in [-0.39, 0.29) is 28.9 Å². The van der Waals surface area contributed by atoms with Gasteiger partial charge in [-0.2, -0.15) is 0 Å². The number of aromatic hydroxyl groups is 1. The average molecular weight is 493 g/mol. The van der Waals surface area contributed by atoms with Crippen LogP contribution in [0.3, 0.4) is 0 Å². The maximum absolute atomic E-state index is 12.8. The highest BCUT2D eigenvalue weighted by Gasteiger charge is 2.17. The van der Waals surface area contributed by atoms with Gasteiger partial charge in [-0.25, -0.2) is 0 Å². The van der Waals surface area contributed by atoms with Crippen LogP contribution in [0.2, 0.25) is 0 Å². The highest BCUT2D eigenvalue weighted by molar-refractivity contribution is 7.99. The van der Waals surface area contributed by atoms with Crippen LogP contribution in [0.25, 0.3) is 16.7 Å². The summed E-state index contributed by atoms with van der Waals surface area (Å²) in [4.78, 5) is 37.2. The van der Waals surface area contributed by atoms with Gasteiger partial charge < -0.3 is 15.7 Å². The van der Waals surface area contributed by atoms with Crippen LogP contribution < -0.4 is 16.2 Å². The molecule has 35 heavy (non-hydrogen) atoms. The Morgan fingerprint density at radius 3 is 2.69 bits per heavy atom. The monoisotopic (exact) mass is 492 g/mol. The number of thioether (sulfide) groups is 1. The van der Waals surface area contributed by atoms with E-state index in [0.29, 0.717) is 53.5 Å². The zero-order valence-corrected chi connectivity index (χ0v) is 19.6. The fourth-order valence-corrected chi connectivity index (χ4v) is 4.34. The molecule has 0 bridgehead atoms. The van der Waals surface area contributed by atoms with Crippen molar-refractivity contribution in [2.45, 2.75) is 18.1 Å². The third-order valence-electron chi connectivity index (χ3n) is 5.19. The van der Waals surface area contributed by atoms with Gasteiger partial charge >= 0.3 is 0 Å². The molecule has 10 nitrogen and oxygen atoms in total. The first-order valence-electron chi connectivity index (χ1n) is 10.9. The highest BCUT2D eigenvalue weighted by atomic mass is 32.2. The number of hydrogen-bond acceptors (Lipinski definition) is 7. The van der Waals surface area contributed by atoms with Crippen molar-refractivity contribution in [3.8, 4) is 5.75 Å². The molecule has 4 aromatic rings. The van der Waals surface area contributed by atoms with E-state index in [4.69, 9.17) is 0 Å². The Labute approximate surface area is 204 Å². The number of benzene rings is 2. The van der Waals surface area contributed by atoms with Gasteiger partial charge in [0.2, 0.25) is 11.7 Å². The molecule has 0 spiro atoms. The molecule has 2 heterocycles. The molecule has 2 amide bonds. The minimum Gasteiger partial charge on any atom is -0.508 e. The summed E-state index contributed by atoms with van der Waals surface area (Å²) in [6, 6.07) is 13.3. The lowest BCUT2D eigenvalue weighted by atomic mass is 10.2. The lowest BCUT2D eigenvalue weighted by molar-refractivity contribution is -0.118.